The van der Waals surface area contributed by atoms with Crippen molar-refractivity contribution in [1.29, 1.82) is 0 Å². The van der Waals surface area contributed by atoms with Crippen molar-refractivity contribution in [1.82, 2.24) is 4.98 Å². The topological polar surface area (TPSA) is 79.0 Å². The number of aryl methyl sites for hydroxylation is 1. The van der Waals surface area contributed by atoms with E-state index >= 15 is 0 Å². The highest BCUT2D eigenvalue weighted by Gasteiger charge is 2.08. The van der Waals surface area contributed by atoms with Gasteiger partial charge in [-0.25, -0.2) is 0 Å². The van der Waals surface area contributed by atoms with E-state index in [1.54, 1.807) is 37.3 Å². The molecule has 0 bridgehead atoms. The number of ketones is 1. The molecule has 2 aromatic rings. The number of carbonyl (C=O) groups excluding carboxylic acids is 2. The Balaban J connectivity index is 2.25. The van der Waals surface area contributed by atoms with Crippen LogP contribution in [0.15, 0.2) is 41.2 Å². The lowest BCUT2D eigenvalue weighted by Crippen LogP contribution is -2.17. The average Bonchev–Trinajstić information content (AvgIpc) is 2.37. The molecule has 0 aliphatic carbocycles. The lowest BCUT2D eigenvalue weighted by atomic mass is 10.1. The van der Waals surface area contributed by atoms with E-state index in [1.807, 2.05) is 0 Å². The van der Waals surface area contributed by atoms with Gasteiger partial charge in [0.2, 0.25) is 5.56 Å². The van der Waals surface area contributed by atoms with Crippen molar-refractivity contribution in [3.8, 4) is 0 Å². The third-order valence-electron chi connectivity index (χ3n) is 2.77. The van der Waals surface area contributed by atoms with Crippen molar-refractivity contribution >= 4 is 17.4 Å². The standard InChI is InChI=1S/C15H14N2O3/c1-9-6-12(8-14(19)16-9)15(20)17-13-5-3-4-11(7-13)10(2)18/h3-8H,1-2H3,(H,16,19)(H,17,20). The minimum Gasteiger partial charge on any atom is -0.326 e. The van der Waals surface area contributed by atoms with Gasteiger partial charge in [0.1, 0.15) is 0 Å². The fourth-order valence-electron chi connectivity index (χ4n) is 1.83. The number of aromatic amines is 1. The number of hydrogen-bond donors (Lipinski definition) is 2. The van der Waals surface area contributed by atoms with Gasteiger partial charge in [-0.3, -0.25) is 14.4 Å². The minimum absolute atomic E-state index is 0.0758. The zero-order valence-electron chi connectivity index (χ0n) is 11.2. The SMILES string of the molecule is CC(=O)c1cccc(NC(=O)c2cc(C)[nH]c(=O)c2)c1. The maximum absolute atomic E-state index is 12.1. The molecule has 102 valence electrons. The van der Waals surface area contributed by atoms with E-state index in [0.717, 1.165) is 0 Å². The summed E-state index contributed by atoms with van der Waals surface area (Å²) in [5.74, 6) is -0.465. The molecule has 2 rings (SSSR count). The fraction of sp³-hybridized carbons (Fsp3) is 0.133. The largest absolute Gasteiger partial charge is 0.326 e. The Bertz CT molecular complexity index is 732. The zero-order valence-corrected chi connectivity index (χ0v) is 11.2. The van der Waals surface area contributed by atoms with Crippen LogP contribution in [0.5, 0.6) is 0 Å². The van der Waals surface area contributed by atoms with Crippen molar-refractivity contribution in [2.75, 3.05) is 5.32 Å². The van der Waals surface area contributed by atoms with Gasteiger partial charge in [-0.05, 0) is 32.0 Å². The molecule has 1 aromatic carbocycles. The van der Waals surface area contributed by atoms with Crippen LogP contribution >= 0.6 is 0 Å². The third-order valence-corrected chi connectivity index (χ3v) is 2.77. The van der Waals surface area contributed by atoms with E-state index in [2.05, 4.69) is 10.3 Å². The second-order valence-corrected chi connectivity index (χ2v) is 4.51. The van der Waals surface area contributed by atoms with Crippen LogP contribution in [0.1, 0.15) is 33.3 Å². The second kappa shape index (κ2) is 5.52. The molecule has 0 radical (unpaired) electrons. The quantitative estimate of drug-likeness (QED) is 0.839. The van der Waals surface area contributed by atoms with Crippen LogP contribution in [-0.4, -0.2) is 16.7 Å². The van der Waals surface area contributed by atoms with Gasteiger partial charge in [0.25, 0.3) is 5.91 Å². The molecule has 0 aliphatic rings. The summed E-state index contributed by atoms with van der Waals surface area (Å²) >= 11 is 0. The van der Waals surface area contributed by atoms with Crippen molar-refractivity contribution in [3.05, 3.63) is 63.6 Å². The summed E-state index contributed by atoms with van der Waals surface area (Å²) in [6, 6.07) is 9.47. The maximum atomic E-state index is 12.1. The molecule has 1 heterocycles. The molecule has 1 amide bonds. The number of hydrogen-bond acceptors (Lipinski definition) is 3. The molecule has 5 nitrogen and oxygen atoms in total. The molecule has 0 spiro atoms. The van der Waals surface area contributed by atoms with Crippen LogP contribution in [0.25, 0.3) is 0 Å². The second-order valence-electron chi connectivity index (χ2n) is 4.51. The molecule has 1 aromatic heterocycles. The summed E-state index contributed by atoms with van der Waals surface area (Å²) in [6.45, 7) is 3.16. The molecule has 0 unspecified atom stereocenters. The van der Waals surface area contributed by atoms with E-state index in [-0.39, 0.29) is 22.8 Å². The van der Waals surface area contributed by atoms with Crippen LogP contribution in [0, 0.1) is 6.92 Å². The van der Waals surface area contributed by atoms with Crippen LogP contribution in [0.3, 0.4) is 0 Å². The summed E-state index contributed by atoms with van der Waals surface area (Å²) < 4.78 is 0. The number of anilines is 1. The van der Waals surface area contributed by atoms with Gasteiger partial charge in [-0.1, -0.05) is 12.1 Å². The number of nitrogens with one attached hydrogen (secondary N) is 2. The van der Waals surface area contributed by atoms with Gasteiger partial charge in [0.15, 0.2) is 5.78 Å². The molecule has 0 atom stereocenters. The Hall–Kier alpha value is -2.69. The van der Waals surface area contributed by atoms with Gasteiger partial charge < -0.3 is 10.3 Å². The summed E-state index contributed by atoms with van der Waals surface area (Å²) in [6.07, 6.45) is 0. The highest BCUT2D eigenvalue weighted by molar-refractivity contribution is 6.05. The average molecular weight is 270 g/mol. The van der Waals surface area contributed by atoms with Crippen molar-refractivity contribution in [2.24, 2.45) is 0 Å². The predicted octanol–water partition coefficient (Wildman–Crippen LogP) is 2.14. The summed E-state index contributed by atoms with van der Waals surface area (Å²) in [7, 11) is 0. The Morgan fingerprint density at radius 1 is 1.10 bits per heavy atom. The summed E-state index contributed by atoms with van der Waals surface area (Å²) in [5.41, 5.74) is 1.60. The van der Waals surface area contributed by atoms with Crippen LogP contribution in [0.2, 0.25) is 0 Å². The van der Waals surface area contributed by atoms with Crippen LogP contribution in [-0.2, 0) is 0 Å². The first-order chi connectivity index (χ1) is 9.45. The number of H-pyrrole nitrogens is 1. The molecule has 0 aliphatic heterocycles. The van der Waals surface area contributed by atoms with E-state index < -0.39 is 0 Å². The van der Waals surface area contributed by atoms with Crippen molar-refractivity contribution < 1.29 is 9.59 Å². The molecule has 0 saturated carbocycles. The minimum atomic E-state index is -0.389. The fourth-order valence-corrected chi connectivity index (χ4v) is 1.83. The number of carbonyl (C=O) groups is 2. The Morgan fingerprint density at radius 2 is 1.85 bits per heavy atom. The molecule has 20 heavy (non-hydrogen) atoms. The number of pyridine rings is 1. The lowest BCUT2D eigenvalue weighted by molar-refractivity contribution is 0.101. The van der Waals surface area contributed by atoms with E-state index in [4.69, 9.17) is 0 Å². The lowest BCUT2D eigenvalue weighted by Gasteiger charge is -2.06. The molecule has 5 heteroatoms. The predicted molar refractivity (Wildman–Crippen MR) is 76.2 cm³/mol. The molecular formula is C15H14N2O3. The molecular weight excluding hydrogens is 256 g/mol. The number of aromatic nitrogens is 1. The van der Waals surface area contributed by atoms with Gasteiger partial charge in [-0.2, -0.15) is 0 Å². The molecule has 2 N–H and O–H groups in total. The number of rotatable bonds is 3. The maximum Gasteiger partial charge on any atom is 0.255 e. The van der Waals surface area contributed by atoms with E-state index in [1.165, 1.54) is 13.0 Å². The highest BCUT2D eigenvalue weighted by atomic mass is 16.2. The van der Waals surface area contributed by atoms with Crippen molar-refractivity contribution in [2.45, 2.75) is 13.8 Å². The Kier molecular flexibility index (Phi) is 3.79. The Labute approximate surface area is 115 Å². The first-order valence-corrected chi connectivity index (χ1v) is 6.09. The summed E-state index contributed by atoms with van der Waals surface area (Å²) in [4.78, 5) is 37.2. The zero-order chi connectivity index (χ0) is 14.7. The first-order valence-electron chi connectivity index (χ1n) is 6.09. The van der Waals surface area contributed by atoms with E-state index in [9.17, 15) is 14.4 Å². The first kappa shape index (κ1) is 13.7. The monoisotopic (exact) mass is 270 g/mol. The van der Waals surface area contributed by atoms with Crippen molar-refractivity contribution in [3.63, 3.8) is 0 Å². The smallest absolute Gasteiger partial charge is 0.255 e. The highest BCUT2D eigenvalue weighted by Crippen LogP contribution is 2.12. The Morgan fingerprint density at radius 3 is 2.50 bits per heavy atom. The van der Waals surface area contributed by atoms with Gasteiger partial charge in [-0.15, -0.1) is 0 Å². The van der Waals surface area contributed by atoms with E-state index in [0.29, 0.717) is 16.9 Å². The van der Waals surface area contributed by atoms with Gasteiger partial charge in [0.05, 0.1) is 0 Å². The molecule has 0 saturated heterocycles. The number of Topliss-reactive ketones (excluding diaryl/α,β-unsaturated/α-hetero) is 1. The summed E-state index contributed by atoms with van der Waals surface area (Å²) in [5, 5.41) is 2.66. The van der Waals surface area contributed by atoms with Crippen LogP contribution < -0.4 is 10.9 Å². The van der Waals surface area contributed by atoms with Gasteiger partial charge >= 0.3 is 0 Å². The van der Waals surface area contributed by atoms with Crippen LogP contribution in [0.4, 0.5) is 5.69 Å². The number of amides is 1. The normalized spacial score (nSPS) is 10.1. The molecule has 0 fully saturated rings. The third kappa shape index (κ3) is 3.20. The van der Waals surface area contributed by atoms with Gasteiger partial charge in [0, 0.05) is 28.6 Å². The number of benzene rings is 1.